The summed E-state index contributed by atoms with van der Waals surface area (Å²) in [6, 6.07) is 9.96. The van der Waals surface area contributed by atoms with Crippen LogP contribution in [0.1, 0.15) is 11.1 Å². The van der Waals surface area contributed by atoms with Gasteiger partial charge in [-0.15, -0.1) is 0 Å². The molecule has 2 aromatic carbocycles. The van der Waals surface area contributed by atoms with Gasteiger partial charge in [-0.3, -0.25) is 4.21 Å². The van der Waals surface area contributed by atoms with Gasteiger partial charge < -0.3 is 10.5 Å². The van der Waals surface area contributed by atoms with Crippen LogP contribution in [0.15, 0.2) is 41.3 Å². The first-order valence-corrected chi connectivity index (χ1v) is 8.04. The van der Waals surface area contributed by atoms with Gasteiger partial charge in [0.05, 0.1) is 21.4 Å². The van der Waals surface area contributed by atoms with E-state index in [1.54, 1.807) is 12.1 Å². The summed E-state index contributed by atoms with van der Waals surface area (Å²) in [6.07, 6.45) is 0.369. The van der Waals surface area contributed by atoms with Gasteiger partial charge in [0.15, 0.2) is 0 Å². The number of rotatable bonds is 3. The Morgan fingerprint density at radius 2 is 2.14 bits per heavy atom. The van der Waals surface area contributed by atoms with E-state index in [-0.39, 0.29) is 11.9 Å². The molecule has 1 aliphatic rings. The number of aryl methyl sites for hydroxylation is 1. The van der Waals surface area contributed by atoms with E-state index in [4.69, 9.17) is 10.5 Å². The second-order valence-electron chi connectivity index (χ2n) is 5.25. The number of halogens is 1. The molecule has 21 heavy (non-hydrogen) atoms. The molecule has 0 amide bonds. The number of nitrogen functional groups attached to an aromatic ring is 1. The van der Waals surface area contributed by atoms with Crippen LogP contribution >= 0.6 is 0 Å². The van der Waals surface area contributed by atoms with E-state index in [0.29, 0.717) is 28.5 Å². The summed E-state index contributed by atoms with van der Waals surface area (Å²) in [5.74, 6) is 0.751. The van der Waals surface area contributed by atoms with Gasteiger partial charge in [-0.2, -0.15) is 0 Å². The molecule has 2 unspecified atom stereocenters. The fourth-order valence-corrected chi connectivity index (χ4v) is 3.76. The average Bonchev–Trinajstić information content (AvgIpc) is 2.79. The molecule has 0 fully saturated rings. The largest absolute Gasteiger partial charge is 0.489 e. The highest BCUT2D eigenvalue weighted by Crippen LogP contribution is 2.30. The summed E-state index contributed by atoms with van der Waals surface area (Å²) >= 11 is 0. The lowest BCUT2D eigenvalue weighted by atomic mass is 10.1. The smallest absolute Gasteiger partial charge is 0.123 e. The Morgan fingerprint density at radius 3 is 2.90 bits per heavy atom. The Labute approximate surface area is 125 Å². The Balaban J connectivity index is 1.72. The van der Waals surface area contributed by atoms with Crippen molar-refractivity contribution in [3.63, 3.8) is 0 Å². The number of hydrogen-bond donors (Lipinski definition) is 1. The summed E-state index contributed by atoms with van der Waals surface area (Å²) in [7, 11) is -1.23. The highest BCUT2D eigenvalue weighted by atomic mass is 32.2. The topological polar surface area (TPSA) is 52.3 Å². The van der Waals surface area contributed by atoms with Crippen LogP contribution in [0.3, 0.4) is 0 Å². The van der Waals surface area contributed by atoms with Crippen LogP contribution in [0, 0.1) is 12.7 Å². The molecular weight excluding hydrogens is 289 g/mol. The van der Waals surface area contributed by atoms with Crippen molar-refractivity contribution < 1.29 is 13.3 Å². The Kier molecular flexibility index (Phi) is 3.68. The second-order valence-corrected chi connectivity index (χ2v) is 6.71. The van der Waals surface area contributed by atoms with Crippen LogP contribution in [0.5, 0.6) is 5.75 Å². The first kappa shape index (κ1) is 14.1. The van der Waals surface area contributed by atoms with Gasteiger partial charge in [0, 0.05) is 17.7 Å². The Morgan fingerprint density at radius 1 is 1.33 bits per heavy atom. The molecule has 1 aliphatic heterocycles. The molecule has 3 nitrogen and oxygen atoms in total. The number of benzene rings is 2. The normalized spacial score (nSPS) is 18.1. The second kappa shape index (κ2) is 5.48. The molecular formula is C16H16FNO2S. The van der Waals surface area contributed by atoms with Crippen molar-refractivity contribution in [2.75, 3.05) is 11.5 Å². The molecule has 0 saturated carbocycles. The highest BCUT2D eigenvalue weighted by Gasteiger charge is 2.26. The minimum absolute atomic E-state index is 0.205. The number of fused-ring (bicyclic) bond motifs is 1. The van der Waals surface area contributed by atoms with Crippen LogP contribution in [0.2, 0.25) is 0 Å². The van der Waals surface area contributed by atoms with Gasteiger partial charge in [0.25, 0.3) is 0 Å². The maximum atomic E-state index is 13.2. The molecule has 0 saturated heterocycles. The predicted octanol–water partition coefficient (Wildman–Crippen LogP) is 2.83. The van der Waals surface area contributed by atoms with Crippen molar-refractivity contribution in [3.05, 3.63) is 53.3 Å². The van der Waals surface area contributed by atoms with E-state index in [1.165, 1.54) is 12.1 Å². The SMILES string of the molecule is Cc1ccc(S(=O)CC2Cc3cc(F)ccc3O2)c(N)c1. The zero-order valence-corrected chi connectivity index (χ0v) is 12.5. The molecule has 0 radical (unpaired) electrons. The van der Waals surface area contributed by atoms with Gasteiger partial charge >= 0.3 is 0 Å². The fourth-order valence-electron chi connectivity index (χ4n) is 2.52. The third-order valence-electron chi connectivity index (χ3n) is 3.51. The van der Waals surface area contributed by atoms with Crippen molar-refractivity contribution in [3.8, 4) is 5.75 Å². The van der Waals surface area contributed by atoms with E-state index in [0.717, 1.165) is 11.1 Å². The lowest BCUT2D eigenvalue weighted by molar-refractivity contribution is 0.258. The van der Waals surface area contributed by atoms with E-state index in [9.17, 15) is 8.60 Å². The standard InChI is InChI=1S/C16H16FNO2S/c1-10-2-5-16(14(18)6-10)21(19)9-13-8-11-7-12(17)3-4-15(11)20-13/h2-7,13H,8-9,18H2,1H3. The van der Waals surface area contributed by atoms with Gasteiger partial charge in [-0.05, 0) is 42.8 Å². The highest BCUT2D eigenvalue weighted by molar-refractivity contribution is 7.85. The first-order chi connectivity index (χ1) is 10.0. The van der Waals surface area contributed by atoms with E-state index >= 15 is 0 Å². The molecule has 3 rings (SSSR count). The van der Waals surface area contributed by atoms with Crippen molar-refractivity contribution >= 4 is 16.5 Å². The monoisotopic (exact) mass is 305 g/mol. The summed E-state index contributed by atoms with van der Waals surface area (Å²) in [5, 5.41) is 0. The van der Waals surface area contributed by atoms with Gasteiger partial charge in [-0.25, -0.2) is 4.39 Å². The number of hydrogen-bond acceptors (Lipinski definition) is 3. The summed E-state index contributed by atoms with van der Waals surface area (Å²) in [6.45, 7) is 1.94. The molecule has 0 spiro atoms. The van der Waals surface area contributed by atoms with Crippen LogP contribution in [-0.4, -0.2) is 16.1 Å². The van der Waals surface area contributed by atoms with Crippen molar-refractivity contribution in [2.24, 2.45) is 0 Å². The first-order valence-electron chi connectivity index (χ1n) is 6.72. The summed E-state index contributed by atoms with van der Waals surface area (Å²) in [4.78, 5) is 0.631. The quantitative estimate of drug-likeness (QED) is 0.887. The van der Waals surface area contributed by atoms with Crippen LogP contribution < -0.4 is 10.5 Å². The summed E-state index contributed by atoms with van der Waals surface area (Å²) < 4.78 is 31.3. The van der Waals surface area contributed by atoms with E-state index in [2.05, 4.69) is 0 Å². The maximum absolute atomic E-state index is 13.2. The minimum Gasteiger partial charge on any atom is -0.489 e. The Bertz CT molecular complexity index is 717. The molecule has 1 heterocycles. The van der Waals surface area contributed by atoms with Crippen molar-refractivity contribution in [1.82, 2.24) is 0 Å². The molecule has 0 aromatic heterocycles. The molecule has 0 aliphatic carbocycles. The van der Waals surface area contributed by atoms with E-state index in [1.807, 2.05) is 19.1 Å². The molecule has 2 atom stereocenters. The fraction of sp³-hybridized carbons (Fsp3) is 0.250. The van der Waals surface area contributed by atoms with Gasteiger partial charge in [-0.1, -0.05) is 6.07 Å². The third-order valence-corrected chi connectivity index (χ3v) is 5.05. The number of anilines is 1. The van der Waals surface area contributed by atoms with Crippen molar-refractivity contribution in [1.29, 1.82) is 0 Å². The predicted molar refractivity (Wildman–Crippen MR) is 81.4 cm³/mol. The van der Waals surface area contributed by atoms with Crippen LogP contribution in [-0.2, 0) is 17.2 Å². The zero-order valence-electron chi connectivity index (χ0n) is 11.6. The molecule has 2 N–H and O–H groups in total. The zero-order chi connectivity index (χ0) is 15.0. The molecule has 110 valence electrons. The third kappa shape index (κ3) is 2.93. The maximum Gasteiger partial charge on any atom is 0.123 e. The number of ether oxygens (including phenoxy) is 1. The lowest BCUT2D eigenvalue weighted by Gasteiger charge is -2.12. The van der Waals surface area contributed by atoms with Crippen LogP contribution in [0.4, 0.5) is 10.1 Å². The molecule has 2 aromatic rings. The molecule has 0 bridgehead atoms. The Hall–Kier alpha value is -1.88. The molecule has 5 heteroatoms. The summed E-state index contributed by atoms with van der Waals surface area (Å²) in [5.41, 5.74) is 8.32. The number of nitrogens with two attached hydrogens (primary N) is 1. The lowest BCUT2D eigenvalue weighted by Crippen LogP contribution is -2.22. The average molecular weight is 305 g/mol. The van der Waals surface area contributed by atoms with Gasteiger partial charge in [0.2, 0.25) is 0 Å². The van der Waals surface area contributed by atoms with E-state index < -0.39 is 10.8 Å². The van der Waals surface area contributed by atoms with Crippen LogP contribution in [0.25, 0.3) is 0 Å². The minimum atomic E-state index is -1.23. The van der Waals surface area contributed by atoms with Gasteiger partial charge in [0.1, 0.15) is 17.7 Å². The van der Waals surface area contributed by atoms with Crippen molar-refractivity contribution in [2.45, 2.75) is 24.3 Å².